The van der Waals surface area contributed by atoms with Crippen molar-refractivity contribution >= 4 is 23.2 Å². The van der Waals surface area contributed by atoms with Crippen LogP contribution in [0.15, 0.2) is 29.4 Å². The van der Waals surface area contributed by atoms with Crippen LogP contribution in [0, 0.1) is 0 Å². The molecule has 0 spiro atoms. The number of rotatable bonds is 4. The Balaban J connectivity index is 1.50. The SMILES string of the molecule is CC1(C)C[C@@H](NC(=O)[C@@H]2CC(Cc3cccc(Cl)c3)=NO2)CCO1. The standard InChI is InChI=1S/C18H23ClN2O3/c1-18(2)11-14(6-7-23-18)20-17(22)16-10-15(21-24-16)9-12-4-3-5-13(19)8-12/h3-5,8,14,16H,6-7,9-11H2,1-2H3,(H,20,22)/t14-,16-/m0/s1. The highest BCUT2D eigenvalue weighted by Crippen LogP contribution is 2.24. The summed E-state index contributed by atoms with van der Waals surface area (Å²) in [7, 11) is 0. The first kappa shape index (κ1) is 17.2. The Kier molecular flexibility index (Phi) is 5.11. The summed E-state index contributed by atoms with van der Waals surface area (Å²) in [5.74, 6) is -0.0949. The number of hydrogen-bond donors (Lipinski definition) is 1. The Labute approximate surface area is 147 Å². The highest BCUT2D eigenvalue weighted by atomic mass is 35.5. The van der Waals surface area contributed by atoms with Gasteiger partial charge in [-0.3, -0.25) is 4.79 Å². The van der Waals surface area contributed by atoms with E-state index in [1.54, 1.807) is 0 Å². The van der Waals surface area contributed by atoms with Crippen LogP contribution >= 0.6 is 11.6 Å². The van der Waals surface area contributed by atoms with E-state index in [0.717, 1.165) is 24.1 Å². The van der Waals surface area contributed by atoms with Crippen molar-refractivity contribution in [1.29, 1.82) is 0 Å². The van der Waals surface area contributed by atoms with Gasteiger partial charge in [-0.15, -0.1) is 0 Å². The lowest BCUT2D eigenvalue weighted by atomic mass is 9.93. The fourth-order valence-electron chi connectivity index (χ4n) is 3.20. The minimum absolute atomic E-state index is 0.0949. The Morgan fingerprint density at radius 3 is 3.04 bits per heavy atom. The van der Waals surface area contributed by atoms with Crippen LogP contribution in [0.2, 0.25) is 5.02 Å². The lowest BCUT2D eigenvalue weighted by Gasteiger charge is -2.36. The first-order chi connectivity index (χ1) is 11.4. The molecule has 1 fully saturated rings. The third-order valence-corrected chi connectivity index (χ3v) is 4.60. The van der Waals surface area contributed by atoms with Crippen LogP contribution in [0.5, 0.6) is 0 Å². The van der Waals surface area contributed by atoms with E-state index in [0.29, 0.717) is 24.5 Å². The highest BCUT2D eigenvalue weighted by Gasteiger charge is 2.33. The second kappa shape index (κ2) is 7.11. The number of benzene rings is 1. The van der Waals surface area contributed by atoms with Crippen molar-refractivity contribution in [3.05, 3.63) is 34.9 Å². The maximum absolute atomic E-state index is 12.4. The molecule has 5 nitrogen and oxygen atoms in total. The zero-order chi connectivity index (χ0) is 17.2. The zero-order valence-electron chi connectivity index (χ0n) is 14.0. The van der Waals surface area contributed by atoms with Crippen molar-refractivity contribution < 1.29 is 14.4 Å². The van der Waals surface area contributed by atoms with E-state index in [4.69, 9.17) is 21.2 Å². The smallest absolute Gasteiger partial charge is 0.264 e. The van der Waals surface area contributed by atoms with Crippen LogP contribution in [0.3, 0.4) is 0 Å². The van der Waals surface area contributed by atoms with Crippen molar-refractivity contribution in [2.75, 3.05) is 6.61 Å². The van der Waals surface area contributed by atoms with Gasteiger partial charge < -0.3 is 14.9 Å². The van der Waals surface area contributed by atoms with Crippen molar-refractivity contribution in [2.45, 2.75) is 57.3 Å². The van der Waals surface area contributed by atoms with Crippen molar-refractivity contribution in [3.8, 4) is 0 Å². The molecule has 1 amide bonds. The molecule has 6 heteroatoms. The van der Waals surface area contributed by atoms with E-state index in [2.05, 4.69) is 10.5 Å². The normalized spacial score (nSPS) is 25.7. The Bertz CT molecular complexity index is 645. The summed E-state index contributed by atoms with van der Waals surface area (Å²) in [6.07, 6.45) is 2.27. The lowest BCUT2D eigenvalue weighted by Crippen LogP contribution is -2.48. The van der Waals surface area contributed by atoms with E-state index >= 15 is 0 Å². The Morgan fingerprint density at radius 2 is 2.29 bits per heavy atom. The van der Waals surface area contributed by atoms with Gasteiger partial charge in [0.1, 0.15) is 0 Å². The molecule has 2 aliphatic rings. The topological polar surface area (TPSA) is 59.9 Å². The van der Waals surface area contributed by atoms with Gasteiger partial charge in [0, 0.05) is 30.5 Å². The number of amides is 1. The average molecular weight is 351 g/mol. The molecule has 0 radical (unpaired) electrons. The third-order valence-electron chi connectivity index (χ3n) is 4.36. The molecule has 0 aliphatic carbocycles. The molecular weight excluding hydrogens is 328 g/mol. The van der Waals surface area contributed by atoms with Gasteiger partial charge in [0.15, 0.2) is 0 Å². The Hall–Kier alpha value is -1.59. The minimum Gasteiger partial charge on any atom is -0.382 e. The van der Waals surface area contributed by atoms with Gasteiger partial charge in [-0.25, -0.2) is 0 Å². The van der Waals surface area contributed by atoms with Crippen LogP contribution in [-0.2, 0) is 20.8 Å². The monoisotopic (exact) mass is 350 g/mol. The summed E-state index contributed by atoms with van der Waals surface area (Å²) in [6.45, 7) is 4.76. The summed E-state index contributed by atoms with van der Waals surface area (Å²) >= 11 is 6.00. The number of carbonyl (C=O) groups is 1. The molecule has 24 heavy (non-hydrogen) atoms. The number of nitrogens with zero attached hydrogens (tertiary/aromatic N) is 1. The summed E-state index contributed by atoms with van der Waals surface area (Å²) in [5.41, 5.74) is 1.74. The van der Waals surface area contributed by atoms with Crippen LogP contribution in [0.25, 0.3) is 0 Å². The van der Waals surface area contributed by atoms with E-state index in [1.807, 2.05) is 38.1 Å². The van der Waals surface area contributed by atoms with E-state index in [-0.39, 0.29) is 17.6 Å². The van der Waals surface area contributed by atoms with Crippen molar-refractivity contribution in [2.24, 2.45) is 5.16 Å². The fraction of sp³-hybridized carbons (Fsp3) is 0.556. The maximum atomic E-state index is 12.4. The number of hydrogen-bond acceptors (Lipinski definition) is 4. The molecule has 2 aliphatic heterocycles. The summed E-state index contributed by atoms with van der Waals surface area (Å²) in [4.78, 5) is 17.7. The molecule has 2 heterocycles. The van der Waals surface area contributed by atoms with Gasteiger partial charge in [-0.05, 0) is 44.4 Å². The highest BCUT2D eigenvalue weighted by molar-refractivity contribution is 6.30. The average Bonchev–Trinajstić information content (AvgIpc) is 2.95. The van der Waals surface area contributed by atoms with Gasteiger partial charge in [-0.2, -0.15) is 0 Å². The quantitative estimate of drug-likeness (QED) is 0.907. The van der Waals surface area contributed by atoms with E-state index in [1.165, 1.54) is 0 Å². The number of carbonyl (C=O) groups excluding carboxylic acids is 1. The number of oxime groups is 1. The number of halogens is 1. The molecule has 0 aromatic heterocycles. The molecule has 3 rings (SSSR count). The lowest BCUT2D eigenvalue weighted by molar-refractivity contribution is -0.134. The molecule has 130 valence electrons. The minimum atomic E-state index is -0.537. The fourth-order valence-corrected chi connectivity index (χ4v) is 3.42. The van der Waals surface area contributed by atoms with Crippen molar-refractivity contribution in [3.63, 3.8) is 0 Å². The second-order valence-electron chi connectivity index (χ2n) is 7.07. The third kappa shape index (κ3) is 4.48. The molecule has 1 N–H and O–H groups in total. The van der Waals surface area contributed by atoms with Gasteiger partial charge in [0.2, 0.25) is 6.10 Å². The summed E-state index contributed by atoms with van der Waals surface area (Å²) < 4.78 is 5.68. The molecule has 0 saturated carbocycles. The van der Waals surface area contributed by atoms with Gasteiger partial charge in [0.25, 0.3) is 5.91 Å². The molecule has 0 unspecified atom stereocenters. The molecular formula is C18H23ClN2O3. The number of nitrogens with one attached hydrogen (secondary N) is 1. The van der Waals surface area contributed by atoms with Crippen LogP contribution < -0.4 is 5.32 Å². The van der Waals surface area contributed by atoms with Crippen molar-refractivity contribution in [1.82, 2.24) is 5.32 Å². The molecule has 1 aromatic carbocycles. The molecule has 1 saturated heterocycles. The zero-order valence-corrected chi connectivity index (χ0v) is 14.8. The van der Waals surface area contributed by atoms with E-state index in [9.17, 15) is 4.79 Å². The van der Waals surface area contributed by atoms with E-state index < -0.39 is 6.10 Å². The summed E-state index contributed by atoms with van der Waals surface area (Å²) in [5, 5.41) is 7.84. The van der Waals surface area contributed by atoms with Crippen LogP contribution in [0.4, 0.5) is 0 Å². The predicted molar refractivity (Wildman–Crippen MR) is 93.3 cm³/mol. The molecule has 0 bridgehead atoms. The summed E-state index contributed by atoms with van der Waals surface area (Å²) in [6, 6.07) is 7.77. The van der Waals surface area contributed by atoms with Gasteiger partial charge >= 0.3 is 0 Å². The molecule has 1 aromatic rings. The van der Waals surface area contributed by atoms with Crippen LogP contribution in [-0.4, -0.2) is 36.0 Å². The first-order valence-corrected chi connectivity index (χ1v) is 8.69. The Morgan fingerprint density at radius 1 is 1.46 bits per heavy atom. The van der Waals surface area contributed by atoms with Gasteiger partial charge in [-0.1, -0.05) is 28.9 Å². The number of ether oxygens (including phenoxy) is 1. The predicted octanol–water partition coefficient (Wildman–Crippen LogP) is 3.10. The molecule has 2 atom stereocenters. The largest absolute Gasteiger partial charge is 0.382 e. The maximum Gasteiger partial charge on any atom is 0.264 e. The second-order valence-corrected chi connectivity index (χ2v) is 7.51. The first-order valence-electron chi connectivity index (χ1n) is 8.32. The van der Waals surface area contributed by atoms with Gasteiger partial charge in [0.05, 0.1) is 11.3 Å². The van der Waals surface area contributed by atoms with Crippen LogP contribution in [0.1, 0.15) is 38.7 Å².